The first-order valence-electron chi connectivity index (χ1n) is 13.4. The monoisotopic (exact) mass is 480 g/mol. The third kappa shape index (κ3) is 7.93. The van der Waals surface area contributed by atoms with Crippen LogP contribution < -0.4 is 9.47 Å². The number of hydrogen-bond acceptors (Lipinski definition) is 5. The number of unbranched alkanes of at least 4 members (excludes halogenated alkanes) is 10. The lowest BCUT2D eigenvalue weighted by atomic mass is 9.84. The van der Waals surface area contributed by atoms with Gasteiger partial charge in [0, 0.05) is 28.9 Å². The van der Waals surface area contributed by atoms with Crippen molar-refractivity contribution in [2.24, 2.45) is 0 Å². The molecule has 35 heavy (non-hydrogen) atoms. The molecule has 0 amide bonds. The summed E-state index contributed by atoms with van der Waals surface area (Å²) < 4.78 is 11.7. The highest BCUT2D eigenvalue weighted by molar-refractivity contribution is 6.28. The Bertz CT molecular complexity index is 965. The third-order valence-corrected chi connectivity index (χ3v) is 6.55. The molecule has 1 N–H and O–H groups in total. The fourth-order valence-electron chi connectivity index (χ4n) is 4.47. The normalized spacial score (nSPS) is 12.4. The van der Waals surface area contributed by atoms with E-state index in [9.17, 15) is 9.59 Å². The molecular weight excluding hydrogens is 440 g/mol. The molecule has 1 aliphatic rings. The van der Waals surface area contributed by atoms with E-state index in [1.165, 1.54) is 38.5 Å². The first-order valence-corrected chi connectivity index (χ1v) is 13.4. The SMILES string of the molecule is CCCCCCCCCCOc1ccc2c(c1)C(=O)c1ccc(OCCCCCCO)cc1C2=O. The van der Waals surface area contributed by atoms with Crippen LogP contribution in [0.5, 0.6) is 11.5 Å². The number of rotatable bonds is 17. The van der Waals surface area contributed by atoms with Gasteiger partial charge in [-0.05, 0) is 62.1 Å². The lowest BCUT2D eigenvalue weighted by Crippen LogP contribution is -2.21. The second-order valence-corrected chi connectivity index (χ2v) is 9.38. The van der Waals surface area contributed by atoms with Gasteiger partial charge in [0.25, 0.3) is 0 Å². The Kier molecular flexibility index (Phi) is 11.3. The minimum Gasteiger partial charge on any atom is -0.494 e. The molecule has 0 aliphatic heterocycles. The van der Waals surface area contributed by atoms with Crippen LogP contribution in [-0.2, 0) is 0 Å². The van der Waals surface area contributed by atoms with Crippen LogP contribution in [0.4, 0.5) is 0 Å². The number of hydrogen-bond donors (Lipinski definition) is 1. The van der Waals surface area contributed by atoms with Crippen molar-refractivity contribution >= 4 is 11.6 Å². The number of fused-ring (bicyclic) bond motifs is 2. The summed E-state index contributed by atoms with van der Waals surface area (Å²) in [6, 6.07) is 10.3. The van der Waals surface area contributed by atoms with Gasteiger partial charge in [-0.2, -0.15) is 0 Å². The van der Waals surface area contributed by atoms with Crippen LogP contribution in [-0.4, -0.2) is 36.5 Å². The van der Waals surface area contributed by atoms with Gasteiger partial charge in [-0.25, -0.2) is 0 Å². The van der Waals surface area contributed by atoms with Crippen molar-refractivity contribution in [1.29, 1.82) is 0 Å². The first kappa shape index (κ1) is 26.9. The summed E-state index contributed by atoms with van der Waals surface area (Å²) in [5, 5.41) is 8.84. The number of ketones is 2. The molecule has 5 heteroatoms. The predicted octanol–water partition coefficient (Wildman–Crippen LogP) is 6.91. The molecular formula is C30H40O5. The van der Waals surface area contributed by atoms with Gasteiger partial charge in [0.1, 0.15) is 11.5 Å². The largest absolute Gasteiger partial charge is 0.494 e. The third-order valence-electron chi connectivity index (χ3n) is 6.55. The molecule has 0 saturated carbocycles. The number of benzene rings is 2. The Hall–Kier alpha value is -2.66. The number of aliphatic hydroxyl groups is 1. The fraction of sp³-hybridized carbons (Fsp3) is 0.533. The molecule has 0 aromatic heterocycles. The lowest BCUT2D eigenvalue weighted by Gasteiger charge is -2.19. The predicted molar refractivity (Wildman–Crippen MR) is 139 cm³/mol. The lowest BCUT2D eigenvalue weighted by molar-refractivity contribution is 0.0978. The molecule has 5 nitrogen and oxygen atoms in total. The highest BCUT2D eigenvalue weighted by Gasteiger charge is 2.30. The van der Waals surface area contributed by atoms with E-state index in [1.54, 1.807) is 36.4 Å². The van der Waals surface area contributed by atoms with Gasteiger partial charge >= 0.3 is 0 Å². The number of aliphatic hydroxyl groups excluding tert-OH is 1. The maximum Gasteiger partial charge on any atom is 0.194 e. The van der Waals surface area contributed by atoms with E-state index >= 15 is 0 Å². The van der Waals surface area contributed by atoms with Crippen LogP contribution in [0.3, 0.4) is 0 Å². The summed E-state index contributed by atoms with van der Waals surface area (Å²) in [7, 11) is 0. The molecule has 0 atom stereocenters. The van der Waals surface area contributed by atoms with Crippen molar-refractivity contribution in [3.05, 3.63) is 58.7 Å². The van der Waals surface area contributed by atoms with Gasteiger partial charge in [0.15, 0.2) is 11.6 Å². The summed E-state index contributed by atoms with van der Waals surface area (Å²) in [5.74, 6) is 0.929. The molecule has 0 spiro atoms. The Balaban J connectivity index is 1.51. The Morgan fingerprint density at radius 3 is 1.46 bits per heavy atom. The smallest absolute Gasteiger partial charge is 0.194 e. The highest BCUT2D eigenvalue weighted by Crippen LogP contribution is 2.32. The molecule has 0 saturated heterocycles. The Morgan fingerprint density at radius 1 is 0.571 bits per heavy atom. The van der Waals surface area contributed by atoms with E-state index in [0.29, 0.717) is 47.0 Å². The second-order valence-electron chi connectivity index (χ2n) is 9.38. The van der Waals surface area contributed by atoms with Crippen molar-refractivity contribution in [2.75, 3.05) is 19.8 Å². The van der Waals surface area contributed by atoms with E-state index in [4.69, 9.17) is 14.6 Å². The van der Waals surface area contributed by atoms with Gasteiger partial charge < -0.3 is 14.6 Å². The summed E-state index contributed by atoms with van der Waals surface area (Å²) in [4.78, 5) is 26.3. The van der Waals surface area contributed by atoms with Crippen LogP contribution in [0.1, 0.15) is 116 Å². The molecule has 0 unspecified atom stereocenters. The quantitative estimate of drug-likeness (QED) is 0.212. The molecule has 0 bridgehead atoms. The molecule has 0 radical (unpaired) electrons. The Morgan fingerprint density at radius 2 is 1.00 bits per heavy atom. The van der Waals surface area contributed by atoms with Gasteiger partial charge in [-0.15, -0.1) is 0 Å². The minimum atomic E-state index is -0.155. The van der Waals surface area contributed by atoms with Crippen molar-refractivity contribution < 1.29 is 24.2 Å². The van der Waals surface area contributed by atoms with E-state index < -0.39 is 0 Å². The van der Waals surface area contributed by atoms with E-state index in [1.807, 2.05) is 0 Å². The van der Waals surface area contributed by atoms with Crippen molar-refractivity contribution in [2.45, 2.75) is 84.0 Å². The van der Waals surface area contributed by atoms with Gasteiger partial charge in [0.05, 0.1) is 13.2 Å². The van der Waals surface area contributed by atoms with E-state index in [2.05, 4.69) is 6.92 Å². The van der Waals surface area contributed by atoms with Crippen molar-refractivity contribution in [3.63, 3.8) is 0 Å². The van der Waals surface area contributed by atoms with Gasteiger partial charge in [0.2, 0.25) is 0 Å². The maximum absolute atomic E-state index is 13.1. The molecule has 0 heterocycles. The average Bonchev–Trinajstić information content (AvgIpc) is 2.88. The van der Waals surface area contributed by atoms with Crippen molar-refractivity contribution in [3.8, 4) is 11.5 Å². The summed E-state index contributed by atoms with van der Waals surface area (Å²) in [6.07, 6.45) is 13.6. The zero-order chi connectivity index (χ0) is 24.9. The van der Waals surface area contributed by atoms with Crippen LogP contribution in [0.2, 0.25) is 0 Å². The fourth-order valence-corrected chi connectivity index (χ4v) is 4.47. The summed E-state index contributed by atoms with van der Waals surface area (Å²) >= 11 is 0. The van der Waals surface area contributed by atoms with Gasteiger partial charge in [-0.3, -0.25) is 9.59 Å². The van der Waals surface area contributed by atoms with Gasteiger partial charge in [-0.1, -0.05) is 58.3 Å². The van der Waals surface area contributed by atoms with Crippen LogP contribution in [0.15, 0.2) is 36.4 Å². The summed E-state index contributed by atoms with van der Waals surface area (Å²) in [6.45, 7) is 3.61. The number of carbonyl (C=O) groups is 2. The van der Waals surface area contributed by atoms with E-state index in [-0.39, 0.29) is 18.2 Å². The zero-order valence-electron chi connectivity index (χ0n) is 21.2. The highest BCUT2D eigenvalue weighted by atomic mass is 16.5. The Labute approximate surface area is 209 Å². The topological polar surface area (TPSA) is 72.8 Å². The van der Waals surface area contributed by atoms with Crippen LogP contribution in [0, 0.1) is 0 Å². The maximum atomic E-state index is 13.1. The molecule has 2 aromatic carbocycles. The second kappa shape index (κ2) is 14.7. The van der Waals surface area contributed by atoms with Crippen LogP contribution in [0.25, 0.3) is 0 Å². The molecule has 190 valence electrons. The minimum absolute atomic E-state index is 0.150. The zero-order valence-corrected chi connectivity index (χ0v) is 21.2. The average molecular weight is 481 g/mol. The van der Waals surface area contributed by atoms with E-state index in [0.717, 1.165) is 38.5 Å². The molecule has 3 rings (SSSR count). The first-order chi connectivity index (χ1) is 17.2. The number of ether oxygens (including phenoxy) is 2. The standard InChI is InChI=1S/C30H40O5/c1-2-3-4-5-6-7-9-12-19-34-23-14-16-25-27(21-23)29(32)26-17-15-24(22-28(26)30(25)33)35-20-13-10-8-11-18-31/h14-17,21-22,31H,2-13,18-20H2,1H3. The molecule has 2 aromatic rings. The molecule has 0 fully saturated rings. The van der Waals surface area contributed by atoms with Crippen LogP contribution >= 0.6 is 0 Å². The van der Waals surface area contributed by atoms with Crippen molar-refractivity contribution in [1.82, 2.24) is 0 Å². The number of carbonyl (C=O) groups excluding carboxylic acids is 2. The molecule has 1 aliphatic carbocycles. The summed E-state index contributed by atoms with van der Waals surface area (Å²) in [5.41, 5.74) is 1.64.